The number of aryl methyl sites for hydroxylation is 1. The minimum atomic E-state index is 0.490. The van der Waals surface area contributed by atoms with E-state index in [4.69, 9.17) is 10.5 Å². The monoisotopic (exact) mass is 222 g/mol. The van der Waals surface area contributed by atoms with Crippen molar-refractivity contribution in [1.82, 2.24) is 4.98 Å². The molecule has 0 bridgehead atoms. The number of nitrogens with two attached hydrogens (primary N) is 1. The average molecular weight is 222 g/mol. The average Bonchev–Trinajstić information content (AvgIpc) is 2.29. The summed E-state index contributed by atoms with van der Waals surface area (Å²) in [6.07, 6.45) is 6.61. The molecule has 0 atom stereocenters. The van der Waals surface area contributed by atoms with Gasteiger partial charge in [-0.25, -0.2) is 4.98 Å². The van der Waals surface area contributed by atoms with Gasteiger partial charge in [-0.05, 0) is 25.0 Å². The first-order valence-corrected chi connectivity index (χ1v) is 6.07. The van der Waals surface area contributed by atoms with Gasteiger partial charge >= 0.3 is 0 Å². The Kier molecular flexibility index (Phi) is 5.86. The standard InChI is InChI=1S/C13H22N2O/c1-3-4-5-6-9-16-13-12(10-14)11(2)7-8-15-13/h7-8H,3-6,9-10,14H2,1-2H3. The molecule has 0 aromatic carbocycles. The zero-order chi connectivity index (χ0) is 11.8. The van der Waals surface area contributed by atoms with Crippen LogP contribution in [0.2, 0.25) is 0 Å². The lowest BCUT2D eigenvalue weighted by atomic mass is 10.1. The first kappa shape index (κ1) is 13.0. The fourth-order valence-electron chi connectivity index (χ4n) is 1.63. The van der Waals surface area contributed by atoms with Crippen LogP contribution in [0, 0.1) is 6.92 Å². The fourth-order valence-corrected chi connectivity index (χ4v) is 1.63. The first-order chi connectivity index (χ1) is 7.79. The van der Waals surface area contributed by atoms with Crippen LogP contribution < -0.4 is 10.5 Å². The number of pyridine rings is 1. The van der Waals surface area contributed by atoms with E-state index in [0.717, 1.165) is 24.2 Å². The van der Waals surface area contributed by atoms with Crippen LogP contribution in [-0.4, -0.2) is 11.6 Å². The summed E-state index contributed by atoms with van der Waals surface area (Å²) in [6.45, 7) is 5.47. The number of rotatable bonds is 7. The SMILES string of the molecule is CCCCCCOc1nccc(C)c1CN. The van der Waals surface area contributed by atoms with Gasteiger partial charge in [0.15, 0.2) is 0 Å². The normalized spacial score (nSPS) is 10.4. The van der Waals surface area contributed by atoms with E-state index in [-0.39, 0.29) is 0 Å². The third-order valence-electron chi connectivity index (χ3n) is 2.69. The Bertz CT molecular complexity index is 313. The number of hydrogen-bond acceptors (Lipinski definition) is 3. The largest absolute Gasteiger partial charge is 0.477 e. The molecule has 0 aliphatic rings. The van der Waals surface area contributed by atoms with E-state index < -0.39 is 0 Å². The molecule has 16 heavy (non-hydrogen) atoms. The second-order valence-corrected chi connectivity index (χ2v) is 4.02. The van der Waals surface area contributed by atoms with Crippen molar-refractivity contribution in [2.45, 2.75) is 46.1 Å². The highest BCUT2D eigenvalue weighted by Gasteiger charge is 2.05. The second-order valence-electron chi connectivity index (χ2n) is 4.02. The number of aromatic nitrogens is 1. The van der Waals surface area contributed by atoms with Crippen LogP contribution in [0.25, 0.3) is 0 Å². The summed E-state index contributed by atoms with van der Waals surface area (Å²) >= 11 is 0. The van der Waals surface area contributed by atoms with Crippen LogP contribution in [0.15, 0.2) is 12.3 Å². The van der Waals surface area contributed by atoms with Gasteiger partial charge in [0.05, 0.1) is 6.61 Å². The van der Waals surface area contributed by atoms with Crippen molar-refractivity contribution >= 4 is 0 Å². The summed E-state index contributed by atoms with van der Waals surface area (Å²) in [7, 11) is 0. The molecule has 0 spiro atoms. The van der Waals surface area contributed by atoms with Crippen LogP contribution in [0.5, 0.6) is 5.88 Å². The highest BCUT2D eigenvalue weighted by Crippen LogP contribution is 2.18. The zero-order valence-corrected chi connectivity index (χ0v) is 10.3. The molecule has 3 heteroatoms. The Morgan fingerprint density at radius 2 is 2.12 bits per heavy atom. The van der Waals surface area contributed by atoms with Gasteiger partial charge in [-0.2, -0.15) is 0 Å². The molecule has 0 aliphatic carbocycles. The second kappa shape index (κ2) is 7.23. The predicted octanol–water partition coefficient (Wildman–Crippen LogP) is 2.81. The summed E-state index contributed by atoms with van der Waals surface area (Å²) in [6, 6.07) is 1.96. The van der Waals surface area contributed by atoms with Crippen molar-refractivity contribution in [2.24, 2.45) is 5.73 Å². The van der Waals surface area contributed by atoms with Gasteiger partial charge in [-0.15, -0.1) is 0 Å². The molecule has 1 aromatic heterocycles. The zero-order valence-electron chi connectivity index (χ0n) is 10.3. The van der Waals surface area contributed by atoms with Gasteiger partial charge in [0.25, 0.3) is 0 Å². The molecule has 1 aromatic rings. The minimum absolute atomic E-state index is 0.490. The lowest BCUT2D eigenvalue weighted by molar-refractivity contribution is 0.290. The molecule has 0 radical (unpaired) electrons. The van der Waals surface area contributed by atoms with Crippen LogP contribution in [0.3, 0.4) is 0 Å². The van der Waals surface area contributed by atoms with E-state index in [2.05, 4.69) is 11.9 Å². The Morgan fingerprint density at radius 3 is 2.81 bits per heavy atom. The highest BCUT2D eigenvalue weighted by molar-refractivity contribution is 5.33. The Morgan fingerprint density at radius 1 is 1.31 bits per heavy atom. The summed E-state index contributed by atoms with van der Waals surface area (Å²) in [5, 5.41) is 0. The molecule has 90 valence electrons. The maximum atomic E-state index is 5.68. The van der Waals surface area contributed by atoms with E-state index in [1.165, 1.54) is 19.3 Å². The van der Waals surface area contributed by atoms with Gasteiger partial charge in [0.2, 0.25) is 5.88 Å². The van der Waals surface area contributed by atoms with Gasteiger partial charge in [0.1, 0.15) is 0 Å². The van der Waals surface area contributed by atoms with Gasteiger partial charge in [-0.3, -0.25) is 0 Å². The Hall–Kier alpha value is -1.09. The van der Waals surface area contributed by atoms with Crippen molar-refractivity contribution < 1.29 is 4.74 Å². The molecule has 2 N–H and O–H groups in total. The van der Waals surface area contributed by atoms with Crippen molar-refractivity contribution in [2.75, 3.05) is 6.61 Å². The summed E-state index contributed by atoms with van der Waals surface area (Å²) in [5.41, 5.74) is 7.86. The number of hydrogen-bond donors (Lipinski definition) is 1. The van der Waals surface area contributed by atoms with Crippen LogP contribution in [-0.2, 0) is 6.54 Å². The fraction of sp³-hybridized carbons (Fsp3) is 0.615. The predicted molar refractivity (Wildman–Crippen MR) is 66.5 cm³/mol. The molecular weight excluding hydrogens is 200 g/mol. The van der Waals surface area contributed by atoms with Gasteiger partial charge < -0.3 is 10.5 Å². The topological polar surface area (TPSA) is 48.1 Å². The van der Waals surface area contributed by atoms with E-state index in [9.17, 15) is 0 Å². The molecule has 1 heterocycles. The van der Waals surface area contributed by atoms with Crippen molar-refractivity contribution in [1.29, 1.82) is 0 Å². The minimum Gasteiger partial charge on any atom is -0.477 e. The lowest BCUT2D eigenvalue weighted by Crippen LogP contribution is -2.07. The molecule has 0 saturated heterocycles. The number of nitrogens with zero attached hydrogens (tertiary/aromatic N) is 1. The lowest BCUT2D eigenvalue weighted by Gasteiger charge is -2.10. The molecule has 0 amide bonds. The number of ether oxygens (including phenoxy) is 1. The first-order valence-electron chi connectivity index (χ1n) is 6.07. The highest BCUT2D eigenvalue weighted by atomic mass is 16.5. The molecule has 0 unspecified atom stereocenters. The number of unbranched alkanes of at least 4 members (excludes halogenated alkanes) is 3. The van der Waals surface area contributed by atoms with Crippen LogP contribution in [0.4, 0.5) is 0 Å². The maximum Gasteiger partial charge on any atom is 0.218 e. The third-order valence-corrected chi connectivity index (χ3v) is 2.69. The molecule has 1 rings (SSSR count). The van der Waals surface area contributed by atoms with Crippen molar-refractivity contribution in [3.63, 3.8) is 0 Å². The maximum absolute atomic E-state index is 5.68. The smallest absolute Gasteiger partial charge is 0.218 e. The molecule has 0 fully saturated rings. The van der Waals surface area contributed by atoms with E-state index in [0.29, 0.717) is 12.4 Å². The van der Waals surface area contributed by atoms with Crippen LogP contribution >= 0.6 is 0 Å². The quantitative estimate of drug-likeness (QED) is 0.722. The summed E-state index contributed by atoms with van der Waals surface area (Å²) in [4.78, 5) is 4.23. The Balaban J connectivity index is 2.44. The molecular formula is C13H22N2O. The summed E-state index contributed by atoms with van der Waals surface area (Å²) in [5.74, 6) is 0.707. The molecule has 3 nitrogen and oxygen atoms in total. The van der Waals surface area contributed by atoms with E-state index in [1.807, 2.05) is 13.0 Å². The Labute approximate surface area is 98.0 Å². The van der Waals surface area contributed by atoms with Crippen LogP contribution in [0.1, 0.15) is 43.7 Å². The van der Waals surface area contributed by atoms with Crippen molar-refractivity contribution in [3.8, 4) is 5.88 Å². The molecule has 0 saturated carbocycles. The summed E-state index contributed by atoms with van der Waals surface area (Å²) < 4.78 is 5.66. The third kappa shape index (κ3) is 3.81. The van der Waals surface area contributed by atoms with E-state index in [1.54, 1.807) is 6.20 Å². The van der Waals surface area contributed by atoms with Crippen molar-refractivity contribution in [3.05, 3.63) is 23.4 Å². The molecule has 0 aliphatic heterocycles. The van der Waals surface area contributed by atoms with Gasteiger partial charge in [-0.1, -0.05) is 26.2 Å². The van der Waals surface area contributed by atoms with Gasteiger partial charge in [0, 0.05) is 18.3 Å². The van der Waals surface area contributed by atoms with E-state index >= 15 is 0 Å².